The Bertz CT molecular complexity index is 582. The van der Waals surface area contributed by atoms with Gasteiger partial charge in [-0.05, 0) is 18.2 Å². The fourth-order valence-electron chi connectivity index (χ4n) is 1.48. The second-order valence-electron chi connectivity index (χ2n) is 4.12. The monoisotopic (exact) mass is 359 g/mol. The number of nitrogens with one attached hydrogen (secondary N) is 1. The smallest absolute Gasteiger partial charge is 0.430 e. The van der Waals surface area contributed by atoms with Crippen molar-refractivity contribution in [1.29, 1.82) is 0 Å². The van der Waals surface area contributed by atoms with Crippen LogP contribution in [0.25, 0.3) is 0 Å². The van der Waals surface area contributed by atoms with Gasteiger partial charge >= 0.3 is 12.1 Å². The van der Waals surface area contributed by atoms with E-state index < -0.39 is 29.0 Å². The number of anilines is 1. The quantitative estimate of drug-likeness (QED) is 0.639. The fraction of sp³-hybridized carbons (Fsp3) is 0.333. The zero-order valence-corrected chi connectivity index (χ0v) is 12.5. The molecule has 1 aromatic carbocycles. The van der Waals surface area contributed by atoms with E-state index in [2.05, 4.69) is 4.74 Å². The van der Waals surface area contributed by atoms with Gasteiger partial charge in [-0.15, -0.1) is 11.6 Å². The van der Waals surface area contributed by atoms with Gasteiger partial charge in [0.15, 0.2) is 5.38 Å². The maximum Gasteiger partial charge on any atom is 0.430 e. The average molecular weight is 360 g/mol. The molecule has 5 nitrogen and oxygen atoms in total. The Morgan fingerprint density at radius 3 is 2.41 bits per heavy atom. The van der Waals surface area contributed by atoms with Crippen molar-refractivity contribution in [2.24, 2.45) is 0 Å². The van der Waals surface area contributed by atoms with Crippen LogP contribution in [0, 0.1) is 0 Å². The van der Waals surface area contributed by atoms with Gasteiger partial charge in [0.2, 0.25) is 5.91 Å². The van der Waals surface area contributed by atoms with E-state index in [1.807, 2.05) is 5.32 Å². The summed E-state index contributed by atoms with van der Waals surface area (Å²) in [5, 5.41) is 9.13. The number of rotatable bonds is 4. The number of carbonyl (C=O) groups excluding carboxylic acids is 2. The lowest BCUT2D eigenvalue weighted by molar-refractivity contribution is -0.260. The molecule has 0 aliphatic carbocycles. The predicted octanol–water partition coefficient (Wildman–Crippen LogP) is 2.35. The third kappa shape index (κ3) is 3.63. The van der Waals surface area contributed by atoms with Crippen LogP contribution in [0.5, 0.6) is 0 Å². The van der Waals surface area contributed by atoms with Gasteiger partial charge in [0.05, 0.1) is 7.11 Å². The normalized spacial score (nSPS) is 15.6. The van der Waals surface area contributed by atoms with Gasteiger partial charge in [-0.1, -0.05) is 17.7 Å². The number of amides is 1. The first-order valence-corrected chi connectivity index (χ1v) is 6.43. The van der Waals surface area contributed by atoms with Crippen LogP contribution in [0.2, 0.25) is 5.02 Å². The molecule has 0 bridgehead atoms. The number of halogens is 5. The number of carbonyl (C=O) groups is 2. The van der Waals surface area contributed by atoms with Gasteiger partial charge in [0, 0.05) is 10.7 Å². The number of benzene rings is 1. The molecule has 2 atom stereocenters. The van der Waals surface area contributed by atoms with Gasteiger partial charge in [-0.3, -0.25) is 4.79 Å². The van der Waals surface area contributed by atoms with E-state index in [-0.39, 0.29) is 10.7 Å². The standard InChI is InChI=1S/C12H10Cl2F3NO4/c1-22-10(20)11(21,12(15,16)17)8(14)9(19)18-7-4-2-3-6(13)5-7/h2-5,8,21H,1H3,(H,18,19). The molecule has 0 fully saturated rings. The Kier molecular flexibility index (Phi) is 5.66. The predicted molar refractivity (Wildman–Crippen MR) is 72.7 cm³/mol. The number of hydrogen-bond donors (Lipinski definition) is 2. The molecule has 0 saturated carbocycles. The number of alkyl halides is 4. The molecule has 0 radical (unpaired) electrons. The molecule has 22 heavy (non-hydrogen) atoms. The third-order valence-corrected chi connectivity index (χ3v) is 3.37. The van der Waals surface area contributed by atoms with Gasteiger partial charge in [0.1, 0.15) is 0 Å². The molecule has 10 heteroatoms. The summed E-state index contributed by atoms with van der Waals surface area (Å²) >= 11 is 11.0. The Balaban J connectivity index is 3.07. The summed E-state index contributed by atoms with van der Waals surface area (Å²) in [5.41, 5.74) is -4.15. The lowest BCUT2D eigenvalue weighted by atomic mass is 9.98. The molecule has 0 spiro atoms. The van der Waals surface area contributed by atoms with Crippen molar-refractivity contribution < 1.29 is 32.6 Å². The lowest BCUT2D eigenvalue weighted by Gasteiger charge is -2.30. The minimum absolute atomic E-state index is 0.0394. The first kappa shape index (κ1) is 18.5. The highest BCUT2D eigenvalue weighted by molar-refractivity contribution is 6.35. The summed E-state index contributed by atoms with van der Waals surface area (Å²) in [6.07, 6.45) is -5.52. The van der Waals surface area contributed by atoms with Crippen molar-refractivity contribution in [2.45, 2.75) is 17.2 Å². The second-order valence-corrected chi connectivity index (χ2v) is 4.99. The number of hydrogen-bond acceptors (Lipinski definition) is 4. The topological polar surface area (TPSA) is 75.6 Å². The Hall–Kier alpha value is -1.51. The van der Waals surface area contributed by atoms with E-state index in [9.17, 15) is 27.9 Å². The van der Waals surface area contributed by atoms with E-state index >= 15 is 0 Å². The van der Waals surface area contributed by atoms with Crippen LogP contribution < -0.4 is 5.32 Å². The van der Waals surface area contributed by atoms with Crippen molar-refractivity contribution in [1.82, 2.24) is 0 Å². The van der Waals surface area contributed by atoms with E-state index in [0.717, 1.165) is 0 Å². The van der Waals surface area contributed by atoms with Crippen molar-refractivity contribution >= 4 is 40.8 Å². The van der Waals surface area contributed by atoms with E-state index in [1.165, 1.54) is 24.3 Å². The average Bonchev–Trinajstić information content (AvgIpc) is 2.43. The van der Waals surface area contributed by atoms with Gasteiger partial charge in [0.25, 0.3) is 5.60 Å². The largest absolute Gasteiger partial charge is 0.467 e. The van der Waals surface area contributed by atoms with Gasteiger partial charge in [-0.2, -0.15) is 13.2 Å². The van der Waals surface area contributed by atoms with Crippen molar-refractivity contribution in [2.75, 3.05) is 12.4 Å². The summed E-state index contributed by atoms with van der Waals surface area (Å²) in [7, 11) is 0.623. The lowest BCUT2D eigenvalue weighted by Crippen LogP contribution is -2.62. The second kappa shape index (κ2) is 6.72. The van der Waals surface area contributed by atoms with Crippen LogP contribution in [-0.4, -0.2) is 41.2 Å². The summed E-state index contributed by atoms with van der Waals surface area (Å²) in [5.74, 6) is -3.55. The molecule has 2 N–H and O–H groups in total. The highest BCUT2D eigenvalue weighted by Gasteiger charge is 2.67. The van der Waals surface area contributed by atoms with Gasteiger partial charge in [-0.25, -0.2) is 4.79 Å². The van der Waals surface area contributed by atoms with Crippen molar-refractivity contribution in [3.8, 4) is 0 Å². The van der Waals surface area contributed by atoms with Crippen LogP contribution in [0.1, 0.15) is 0 Å². The Morgan fingerprint density at radius 1 is 1.36 bits per heavy atom. The number of methoxy groups -OCH3 is 1. The molecule has 0 aromatic heterocycles. The molecular formula is C12H10Cl2F3NO4. The van der Waals surface area contributed by atoms with Crippen molar-refractivity contribution in [3.05, 3.63) is 29.3 Å². The van der Waals surface area contributed by atoms with Crippen LogP contribution >= 0.6 is 23.2 Å². The highest BCUT2D eigenvalue weighted by Crippen LogP contribution is 2.37. The first-order chi connectivity index (χ1) is 10.0. The minimum Gasteiger partial charge on any atom is -0.467 e. The van der Waals surface area contributed by atoms with Crippen LogP contribution in [0.4, 0.5) is 18.9 Å². The summed E-state index contributed by atoms with van der Waals surface area (Å²) in [4.78, 5) is 23.0. The molecule has 0 aliphatic heterocycles. The van der Waals surface area contributed by atoms with E-state index in [0.29, 0.717) is 7.11 Å². The van der Waals surface area contributed by atoms with Crippen LogP contribution in [0.3, 0.4) is 0 Å². The van der Waals surface area contributed by atoms with Gasteiger partial charge < -0.3 is 15.2 Å². The minimum atomic E-state index is -5.52. The molecule has 0 aliphatic rings. The summed E-state index contributed by atoms with van der Waals surface area (Å²) in [6, 6.07) is 5.47. The summed E-state index contributed by atoms with van der Waals surface area (Å²) in [6.45, 7) is 0. The molecular weight excluding hydrogens is 350 g/mol. The maximum atomic E-state index is 12.9. The SMILES string of the molecule is COC(=O)C(O)(C(Cl)C(=O)Nc1cccc(Cl)c1)C(F)(F)F. The van der Waals surface area contributed by atoms with Crippen LogP contribution in [-0.2, 0) is 14.3 Å². The summed E-state index contributed by atoms with van der Waals surface area (Å²) < 4.78 is 42.6. The van der Waals surface area contributed by atoms with Crippen LogP contribution in [0.15, 0.2) is 24.3 Å². The Labute approximate surface area is 133 Å². The molecule has 1 rings (SSSR count). The molecule has 2 unspecified atom stereocenters. The maximum absolute atomic E-state index is 12.9. The van der Waals surface area contributed by atoms with E-state index in [4.69, 9.17) is 23.2 Å². The molecule has 1 amide bonds. The zero-order valence-electron chi connectivity index (χ0n) is 10.9. The number of esters is 1. The highest BCUT2D eigenvalue weighted by atomic mass is 35.5. The van der Waals surface area contributed by atoms with Crippen molar-refractivity contribution in [3.63, 3.8) is 0 Å². The third-order valence-electron chi connectivity index (χ3n) is 2.62. The molecule has 0 heterocycles. The fourth-order valence-corrected chi connectivity index (χ4v) is 1.94. The zero-order chi connectivity index (χ0) is 17.1. The van der Waals surface area contributed by atoms with E-state index in [1.54, 1.807) is 0 Å². The number of aliphatic hydroxyl groups is 1. The molecule has 0 saturated heterocycles. The molecule has 122 valence electrons. The Morgan fingerprint density at radius 2 is 1.95 bits per heavy atom. The number of ether oxygens (including phenoxy) is 1. The molecule has 1 aromatic rings. The first-order valence-electron chi connectivity index (χ1n) is 5.62.